The van der Waals surface area contributed by atoms with Gasteiger partial charge in [-0.05, 0) is 30.2 Å². The number of carbonyl (C=O) groups excluding carboxylic acids is 1. The molecule has 2 aromatic carbocycles. The van der Waals surface area contributed by atoms with Crippen LogP contribution in [0, 0.1) is 6.92 Å². The molecule has 0 radical (unpaired) electrons. The van der Waals surface area contributed by atoms with Gasteiger partial charge in [0.15, 0.2) is 0 Å². The molecule has 9 heteroatoms. The molecular weight excluding hydrogens is 421 g/mol. The van der Waals surface area contributed by atoms with E-state index < -0.39 is 11.7 Å². The van der Waals surface area contributed by atoms with Crippen LogP contribution in [0.4, 0.5) is 13.2 Å². The van der Waals surface area contributed by atoms with E-state index in [0.717, 1.165) is 23.3 Å². The molecule has 32 heavy (non-hydrogen) atoms. The van der Waals surface area contributed by atoms with Crippen LogP contribution in [0.2, 0.25) is 0 Å². The lowest BCUT2D eigenvalue weighted by molar-refractivity contribution is -0.137. The van der Waals surface area contributed by atoms with Crippen LogP contribution in [0.3, 0.4) is 0 Å². The fourth-order valence-electron chi connectivity index (χ4n) is 3.67. The van der Waals surface area contributed by atoms with Crippen molar-refractivity contribution in [2.24, 2.45) is 0 Å². The number of carbonyl (C=O) groups is 1. The average Bonchev–Trinajstić information content (AvgIpc) is 3.24. The fourth-order valence-corrected chi connectivity index (χ4v) is 3.67. The monoisotopic (exact) mass is 444 g/mol. The zero-order valence-corrected chi connectivity index (χ0v) is 17.6. The lowest BCUT2D eigenvalue weighted by Gasteiger charge is -2.34. The summed E-state index contributed by atoms with van der Waals surface area (Å²) >= 11 is 0. The van der Waals surface area contributed by atoms with Gasteiger partial charge in [-0.1, -0.05) is 41.6 Å². The van der Waals surface area contributed by atoms with E-state index in [1.807, 2.05) is 36.1 Å². The molecule has 1 aliphatic rings. The van der Waals surface area contributed by atoms with Crippen molar-refractivity contribution >= 4 is 5.91 Å². The lowest BCUT2D eigenvalue weighted by atomic mass is 10.1. The summed E-state index contributed by atoms with van der Waals surface area (Å²) in [5.74, 6) is 0.752. The second kappa shape index (κ2) is 9.12. The number of nitrogens with zero attached hydrogens (tertiary/aromatic N) is 4. The molecule has 1 aliphatic heterocycles. The quantitative estimate of drug-likeness (QED) is 0.596. The van der Waals surface area contributed by atoms with E-state index in [1.54, 1.807) is 0 Å². The molecular formula is C23H23F3N4O2. The molecule has 0 spiro atoms. The molecule has 0 N–H and O–H groups in total. The van der Waals surface area contributed by atoms with E-state index in [9.17, 15) is 18.0 Å². The standard InChI is InChI=1S/C23H23F3N4O2/c1-16-4-2-3-5-18(16)14-21(31)30-12-10-29(11-13-30)15-20-27-22(28-32-20)17-6-8-19(9-7-17)23(24,25)26/h2-9H,10-15H2,1H3. The summed E-state index contributed by atoms with van der Waals surface area (Å²) in [6, 6.07) is 12.5. The van der Waals surface area contributed by atoms with E-state index in [4.69, 9.17) is 4.52 Å². The topological polar surface area (TPSA) is 62.5 Å². The zero-order chi connectivity index (χ0) is 22.7. The first-order valence-electron chi connectivity index (χ1n) is 10.3. The van der Waals surface area contributed by atoms with Crippen LogP contribution in [0.5, 0.6) is 0 Å². The number of alkyl halides is 3. The minimum Gasteiger partial charge on any atom is -0.340 e. The number of aryl methyl sites for hydroxylation is 1. The van der Waals surface area contributed by atoms with Gasteiger partial charge in [0.25, 0.3) is 0 Å². The van der Waals surface area contributed by atoms with Gasteiger partial charge >= 0.3 is 6.18 Å². The van der Waals surface area contributed by atoms with E-state index in [2.05, 4.69) is 15.0 Å². The fraction of sp³-hybridized carbons (Fsp3) is 0.348. The molecule has 0 bridgehead atoms. The molecule has 0 aliphatic carbocycles. The smallest absolute Gasteiger partial charge is 0.340 e. The molecule has 3 aromatic rings. The molecule has 1 fully saturated rings. The van der Waals surface area contributed by atoms with Crippen LogP contribution in [-0.2, 0) is 23.9 Å². The van der Waals surface area contributed by atoms with Gasteiger partial charge in [0.05, 0.1) is 18.5 Å². The Hall–Kier alpha value is -3.20. The first-order valence-corrected chi connectivity index (χ1v) is 10.3. The molecule has 168 valence electrons. The van der Waals surface area contributed by atoms with Crippen molar-refractivity contribution < 1.29 is 22.5 Å². The highest BCUT2D eigenvalue weighted by atomic mass is 19.4. The second-order valence-electron chi connectivity index (χ2n) is 7.85. The minimum absolute atomic E-state index is 0.112. The van der Waals surface area contributed by atoms with E-state index in [1.165, 1.54) is 12.1 Å². The van der Waals surface area contributed by atoms with Crippen LogP contribution < -0.4 is 0 Å². The first-order chi connectivity index (χ1) is 15.3. The van der Waals surface area contributed by atoms with Gasteiger partial charge in [0, 0.05) is 31.7 Å². The maximum Gasteiger partial charge on any atom is 0.416 e. The van der Waals surface area contributed by atoms with Crippen LogP contribution in [0.15, 0.2) is 53.1 Å². The highest BCUT2D eigenvalue weighted by molar-refractivity contribution is 5.79. The summed E-state index contributed by atoms with van der Waals surface area (Å²) in [5, 5.41) is 3.88. The Morgan fingerprint density at radius 2 is 1.72 bits per heavy atom. The van der Waals surface area contributed by atoms with Crippen molar-refractivity contribution in [3.05, 3.63) is 71.1 Å². The molecule has 1 amide bonds. The molecule has 2 heterocycles. The van der Waals surface area contributed by atoms with Gasteiger partial charge in [-0.3, -0.25) is 9.69 Å². The number of halogens is 3. The number of amides is 1. The number of aromatic nitrogens is 2. The van der Waals surface area contributed by atoms with Crippen LogP contribution in [0.25, 0.3) is 11.4 Å². The largest absolute Gasteiger partial charge is 0.416 e. The van der Waals surface area contributed by atoms with Gasteiger partial charge in [0.1, 0.15) is 0 Å². The SMILES string of the molecule is Cc1ccccc1CC(=O)N1CCN(Cc2nc(-c3ccc(C(F)(F)F)cc3)no2)CC1. The first kappa shape index (κ1) is 22.0. The number of hydrogen-bond donors (Lipinski definition) is 0. The maximum absolute atomic E-state index is 12.7. The summed E-state index contributed by atoms with van der Waals surface area (Å²) in [6.07, 6.45) is -3.99. The van der Waals surface area contributed by atoms with Crippen molar-refractivity contribution in [3.8, 4) is 11.4 Å². The minimum atomic E-state index is -4.38. The van der Waals surface area contributed by atoms with E-state index in [-0.39, 0.29) is 11.7 Å². The van der Waals surface area contributed by atoms with Crippen LogP contribution in [-0.4, -0.2) is 52.0 Å². The van der Waals surface area contributed by atoms with Crippen molar-refractivity contribution in [1.29, 1.82) is 0 Å². The third kappa shape index (κ3) is 5.16. The Bertz CT molecular complexity index is 1070. The molecule has 1 aromatic heterocycles. The molecule has 0 unspecified atom stereocenters. The normalized spacial score (nSPS) is 15.2. The predicted molar refractivity (Wildman–Crippen MR) is 111 cm³/mol. The number of benzene rings is 2. The van der Waals surface area contributed by atoms with Gasteiger partial charge in [-0.2, -0.15) is 18.2 Å². The van der Waals surface area contributed by atoms with Gasteiger partial charge in [0.2, 0.25) is 17.6 Å². The molecule has 1 saturated heterocycles. The van der Waals surface area contributed by atoms with Crippen LogP contribution >= 0.6 is 0 Å². The molecule has 0 saturated carbocycles. The average molecular weight is 444 g/mol. The molecule has 0 atom stereocenters. The Kier molecular flexibility index (Phi) is 6.27. The van der Waals surface area contributed by atoms with Crippen LogP contribution in [0.1, 0.15) is 22.6 Å². The van der Waals surface area contributed by atoms with Crippen molar-refractivity contribution in [2.45, 2.75) is 26.1 Å². The summed E-state index contributed by atoms with van der Waals surface area (Å²) in [7, 11) is 0. The third-order valence-corrected chi connectivity index (χ3v) is 5.63. The Morgan fingerprint density at radius 3 is 2.38 bits per heavy atom. The Balaban J connectivity index is 1.30. The van der Waals surface area contributed by atoms with E-state index in [0.29, 0.717) is 50.6 Å². The molecule has 6 nitrogen and oxygen atoms in total. The third-order valence-electron chi connectivity index (χ3n) is 5.63. The predicted octanol–water partition coefficient (Wildman–Crippen LogP) is 3.95. The lowest BCUT2D eigenvalue weighted by Crippen LogP contribution is -2.48. The highest BCUT2D eigenvalue weighted by Gasteiger charge is 2.30. The molecule has 4 rings (SSSR count). The number of piperazine rings is 1. The van der Waals surface area contributed by atoms with Gasteiger partial charge in [-0.25, -0.2) is 0 Å². The highest BCUT2D eigenvalue weighted by Crippen LogP contribution is 2.30. The summed E-state index contributed by atoms with van der Waals surface area (Å²) in [5.41, 5.74) is 1.89. The number of rotatable bonds is 5. The Labute approximate surface area is 183 Å². The second-order valence-corrected chi connectivity index (χ2v) is 7.85. The van der Waals surface area contributed by atoms with Gasteiger partial charge < -0.3 is 9.42 Å². The summed E-state index contributed by atoms with van der Waals surface area (Å²) < 4.78 is 43.4. The summed E-state index contributed by atoms with van der Waals surface area (Å²) in [4.78, 5) is 20.9. The zero-order valence-electron chi connectivity index (χ0n) is 17.6. The van der Waals surface area contributed by atoms with E-state index >= 15 is 0 Å². The van der Waals surface area contributed by atoms with Gasteiger partial charge in [-0.15, -0.1) is 0 Å². The van der Waals surface area contributed by atoms with Crippen molar-refractivity contribution in [3.63, 3.8) is 0 Å². The van der Waals surface area contributed by atoms with Crippen molar-refractivity contribution in [2.75, 3.05) is 26.2 Å². The number of hydrogen-bond acceptors (Lipinski definition) is 5. The maximum atomic E-state index is 12.7. The Morgan fingerprint density at radius 1 is 1.03 bits per heavy atom. The van der Waals surface area contributed by atoms with Crippen molar-refractivity contribution in [1.82, 2.24) is 19.9 Å². The summed E-state index contributed by atoms with van der Waals surface area (Å²) in [6.45, 7) is 5.02.